The lowest BCUT2D eigenvalue weighted by molar-refractivity contribution is -0.123. The number of rotatable bonds is 11. The number of nitrogens with one attached hydrogen (secondary N) is 2. The second-order valence-electron chi connectivity index (χ2n) is 7.24. The Morgan fingerprint density at radius 3 is 2.50 bits per heavy atom. The summed E-state index contributed by atoms with van der Waals surface area (Å²) >= 11 is 0. The maximum absolute atomic E-state index is 13.1. The Kier molecular flexibility index (Phi) is 8.89. The Balaban J connectivity index is 1.69. The monoisotopic (exact) mass is 432 g/mol. The van der Waals surface area contributed by atoms with E-state index in [1.54, 1.807) is 49.9 Å². The molecule has 0 fully saturated rings. The van der Waals surface area contributed by atoms with Gasteiger partial charge in [0.1, 0.15) is 6.04 Å². The van der Waals surface area contributed by atoms with Gasteiger partial charge in [0.25, 0.3) is 0 Å². The number of carbonyl (C=O) groups is 2. The number of nitrogens with zero attached hydrogens (tertiary/aromatic N) is 2. The van der Waals surface area contributed by atoms with Crippen LogP contribution in [0, 0.1) is 0 Å². The molecule has 1 atom stereocenters. The molecule has 0 saturated carbocycles. The van der Waals surface area contributed by atoms with Crippen LogP contribution in [-0.4, -0.2) is 41.5 Å². The number of ether oxygens (including phenoxy) is 1. The first kappa shape index (κ1) is 23.1. The molecule has 0 spiro atoms. The molecule has 1 amide bonds. The van der Waals surface area contributed by atoms with Gasteiger partial charge in [0.15, 0.2) is 0 Å². The van der Waals surface area contributed by atoms with Crippen LogP contribution < -0.4 is 10.6 Å². The van der Waals surface area contributed by atoms with E-state index >= 15 is 0 Å². The number of pyridine rings is 2. The highest BCUT2D eigenvalue weighted by Gasteiger charge is 2.21. The third-order valence-electron chi connectivity index (χ3n) is 4.94. The quantitative estimate of drug-likeness (QED) is 0.453. The minimum Gasteiger partial charge on any atom is -0.462 e. The first-order valence-corrected chi connectivity index (χ1v) is 10.7. The molecular weight excluding hydrogens is 404 g/mol. The van der Waals surface area contributed by atoms with Crippen LogP contribution in [0.1, 0.15) is 40.0 Å². The Hall–Kier alpha value is -3.58. The van der Waals surface area contributed by atoms with Crippen molar-refractivity contribution in [3.05, 3.63) is 95.6 Å². The van der Waals surface area contributed by atoms with Gasteiger partial charge in [-0.05, 0) is 66.8 Å². The minimum atomic E-state index is -0.597. The zero-order valence-electron chi connectivity index (χ0n) is 18.2. The van der Waals surface area contributed by atoms with E-state index in [0.717, 1.165) is 17.5 Å². The summed E-state index contributed by atoms with van der Waals surface area (Å²) in [6.45, 7) is 3.14. The lowest BCUT2D eigenvalue weighted by Crippen LogP contribution is -2.39. The van der Waals surface area contributed by atoms with Crippen molar-refractivity contribution >= 4 is 11.9 Å². The SMILES string of the molecule is CCOC(=O)c1cccc(C(NCCc2ccncc2)C(=O)NCCc2cccnc2)c1. The molecule has 3 rings (SSSR count). The number of benzene rings is 1. The smallest absolute Gasteiger partial charge is 0.338 e. The van der Waals surface area contributed by atoms with E-state index in [4.69, 9.17) is 4.74 Å². The van der Waals surface area contributed by atoms with Crippen LogP contribution in [-0.2, 0) is 22.4 Å². The van der Waals surface area contributed by atoms with Gasteiger partial charge in [-0.1, -0.05) is 18.2 Å². The second-order valence-corrected chi connectivity index (χ2v) is 7.24. The Bertz CT molecular complexity index is 996. The van der Waals surface area contributed by atoms with Crippen molar-refractivity contribution < 1.29 is 14.3 Å². The zero-order valence-corrected chi connectivity index (χ0v) is 18.2. The highest BCUT2D eigenvalue weighted by atomic mass is 16.5. The van der Waals surface area contributed by atoms with Crippen molar-refractivity contribution in [2.45, 2.75) is 25.8 Å². The second kappa shape index (κ2) is 12.3. The summed E-state index contributed by atoms with van der Waals surface area (Å²) in [7, 11) is 0. The normalized spacial score (nSPS) is 11.5. The number of esters is 1. The molecule has 2 aromatic heterocycles. The molecule has 7 nitrogen and oxygen atoms in total. The summed E-state index contributed by atoms with van der Waals surface area (Å²) in [6.07, 6.45) is 8.45. The minimum absolute atomic E-state index is 0.148. The molecule has 32 heavy (non-hydrogen) atoms. The highest BCUT2D eigenvalue weighted by molar-refractivity contribution is 5.90. The highest BCUT2D eigenvalue weighted by Crippen LogP contribution is 2.16. The van der Waals surface area contributed by atoms with Crippen LogP contribution in [0.25, 0.3) is 0 Å². The molecule has 166 valence electrons. The molecule has 1 unspecified atom stereocenters. The first-order chi connectivity index (χ1) is 15.7. The predicted octanol–water partition coefficient (Wildman–Crippen LogP) is 2.89. The van der Waals surface area contributed by atoms with Crippen molar-refractivity contribution in [1.82, 2.24) is 20.6 Å². The van der Waals surface area contributed by atoms with E-state index in [0.29, 0.717) is 37.2 Å². The van der Waals surface area contributed by atoms with Gasteiger partial charge in [-0.3, -0.25) is 14.8 Å². The molecule has 7 heteroatoms. The Morgan fingerprint density at radius 1 is 0.938 bits per heavy atom. The van der Waals surface area contributed by atoms with Crippen LogP contribution in [0.3, 0.4) is 0 Å². The van der Waals surface area contributed by atoms with E-state index < -0.39 is 12.0 Å². The average Bonchev–Trinajstić information content (AvgIpc) is 2.83. The van der Waals surface area contributed by atoms with Gasteiger partial charge in [-0.25, -0.2) is 4.79 Å². The van der Waals surface area contributed by atoms with E-state index in [2.05, 4.69) is 20.6 Å². The molecule has 0 saturated heterocycles. The van der Waals surface area contributed by atoms with E-state index in [9.17, 15) is 9.59 Å². The lowest BCUT2D eigenvalue weighted by atomic mass is 10.0. The molecule has 2 heterocycles. The number of carbonyl (C=O) groups excluding carboxylic acids is 2. The summed E-state index contributed by atoms with van der Waals surface area (Å²) in [5, 5.41) is 6.33. The molecule has 2 N–H and O–H groups in total. The van der Waals surface area contributed by atoms with Crippen LogP contribution in [0.5, 0.6) is 0 Å². The predicted molar refractivity (Wildman–Crippen MR) is 122 cm³/mol. The largest absolute Gasteiger partial charge is 0.462 e. The fourth-order valence-corrected chi connectivity index (χ4v) is 3.31. The summed E-state index contributed by atoms with van der Waals surface area (Å²) in [5.74, 6) is -0.550. The molecule has 0 aliphatic rings. The zero-order chi connectivity index (χ0) is 22.6. The standard InChI is InChI=1S/C25H28N4O3/c1-2-32-25(31)22-7-3-6-21(17-22)23(28-15-10-19-8-13-26-14-9-19)24(30)29-16-11-20-5-4-12-27-18-20/h3-9,12-14,17-18,23,28H,2,10-11,15-16H2,1H3,(H,29,30). The summed E-state index contributed by atoms with van der Waals surface area (Å²) in [5.41, 5.74) is 3.32. The topological polar surface area (TPSA) is 93.2 Å². The van der Waals surface area contributed by atoms with Crippen LogP contribution in [0.2, 0.25) is 0 Å². The van der Waals surface area contributed by atoms with Gasteiger partial charge < -0.3 is 15.4 Å². The van der Waals surface area contributed by atoms with E-state index in [1.165, 1.54) is 0 Å². The van der Waals surface area contributed by atoms with E-state index in [-0.39, 0.29) is 5.91 Å². The van der Waals surface area contributed by atoms with E-state index in [1.807, 2.05) is 30.3 Å². The van der Waals surface area contributed by atoms with Gasteiger partial charge in [0, 0.05) is 37.9 Å². The van der Waals surface area contributed by atoms with Gasteiger partial charge in [-0.2, -0.15) is 0 Å². The van der Waals surface area contributed by atoms with Crippen LogP contribution in [0.4, 0.5) is 0 Å². The van der Waals surface area contributed by atoms with Gasteiger partial charge in [0.05, 0.1) is 12.2 Å². The molecule has 0 radical (unpaired) electrons. The summed E-state index contributed by atoms with van der Waals surface area (Å²) in [6, 6.07) is 14.2. The number of aromatic nitrogens is 2. The Labute approximate surface area is 188 Å². The summed E-state index contributed by atoms with van der Waals surface area (Å²) < 4.78 is 5.10. The number of hydrogen-bond donors (Lipinski definition) is 2. The third kappa shape index (κ3) is 6.99. The average molecular weight is 433 g/mol. The summed E-state index contributed by atoms with van der Waals surface area (Å²) in [4.78, 5) is 33.4. The lowest BCUT2D eigenvalue weighted by Gasteiger charge is -2.20. The maximum atomic E-state index is 13.1. The first-order valence-electron chi connectivity index (χ1n) is 10.7. The van der Waals surface area contributed by atoms with Gasteiger partial charge >= 0.3 is 5.97 Å². The fraction of sp³-hybridized carbons (Fsp3) is 0.280. The molecule has 0 aliphatic carbocycles. The van der Waals surface area contributed by atoms with Crippen molar-refractivity contribution in [3.63, 3.8) is 0 Å². The molecule has 3 aromatic rings. The van der Waals surface area contributed by atoms with Crippen molar-refractivity contribution in [2.75, 3.05) is 19.7 Å². The maximum Gasteiger partial charge on any atom is 0.338 e. The number of hydrogen-bond acceptors (Lipinski definition) is 6. The van der Waals surface area contributed by atoms with Crippen molar-refractivity contribution in [3.8, 4) is 0 Å². The molecular formula is C25H28N4O3. The molecule has 1 aromatic carbocycles. The van der Waals surface area contributed by atoms with Crippen molar-refractivity contribution in [2.24, 2.45) is 0 Å². The number of amides is 1. The molecule has 0 aliphatic heterocycles. The van der Waals surface area contributed by atoms with Crippen LogP contribution in [0.15, 0.2) is 73.3 Å². The van der Waals surface area contributed by atoms with Gasteiger partial charge in [-0.15, -0.1) is 0 Å². The third-order valence-corrected chi connectivity index (χ3v) is 4.94. The Morgan fingerprint density at radius 2 is 1.75 bits per heavy atom. The fourth-order valence-electron chi connectivity index (χ4n) is 3.31. The van der Waals surface area contributed by atoms with Crippen LogP contribution >= 0.6 is 0 Å². The molecule has 0 bridgehead atoms. The van der Waals surface area contributed by atoms with Gasteiger partial charge in [0.2, 0.25) is 5.91 Å². The van der Waals surface area contributed by atoms with Crippen molar-refractivity contribution in [1.29, 1.82) is 0 Å².